The average Bonchev–Trinajstić information content (AvgIpc) is 2.88. The summed E-state index contributed by atoms with van der Waals surface area (Å²) in [7, 11) is 1.62. The summed E-state index contributed by atoms with van der Waals surface area (Å²) in [4.78, 5) is 14.2. The summed E-state index contributed by atoms with van der Waals surface area (Å²) < 4.78 is 22.3. The van der Waals surface area contributed by atoms with Gasteiger partial charge in [0.25, 0.3) is 0 Å². The number of hydrogen-bond donors (Lipinski definition) is 1. The van der Waals surface area contributed by atoms with Gasteiger partial charge in [-0.05, 0) is 55.7 Å². The Kier molecular flexibility index (Phi) is 12.4. The van der Waals surface area contributed by atoms with E-state index in [2.05, 4.69) is 19.0 Å². The Morgan fingerprint density at radius 1 is 1.06 bits per heavy atom. The first-order valence-electron chi connectivity index (χ1n) is 12.4. The van der Waals surface area contributed by atoms with Crippen molar-refractivity contribution in [3.63, 3.8) is 0 Å². The largest absolute Gasteiger partial charge is 0.497 e. The van der Waals surface area contributed by atoms with Crippen molar-refractivity contribution in [3.8, 4) is 17.2 Å². The second-order valence-corrected chi connectivity index (χ2v) is 8.24. The fourth-order valence-electron chi connectivity index (χ4n) is 3.62. The van der Waals surface area contributed by atoms with Gasteiger partial charge in [-0.15, -0.1) is 0 Å². The van der Waals surface area contributed by atoms with Crippen molar-refractivity contribution < 1.29 is 23.7 Å². The predicted molar refractivity (Wildman–Crippen MR) is 137 cm³/mol. The summed E-state index contributed by atoms with van der Waals surface area (Å²) in [6.07, 6.45) is 4.46. The van der Waals surface area contributed by atoms with E-state index in [9.17, 15) is 4.79 Å². The zero-order valence-corrected chi connectivity index (χ0v) is 21.4. The van der Waals surface area contributed by atoms with Gasteiger partial charge < -0.3 is 23.8 Å². The summed E-state index contributed by atoms with van der Waals surface area (Å²) >= 11 is 0. The number of unbranched alkanes of at least 4 members (excludes halogenated alkanes) is 1. The van der Waals surface area contributed by atoms with Crippen LogP contribution in [-0.4, -0.2) is 46.0 Å². The van der Waals surface area contributed by atoms with E-state index in [1.807, 2.05) is 41.3 Å². The normalized spacial score (nSPS) is 11.4. The molecule has 0 aromatic heterocycles. The number of benzene rings is 2. The second-order valence-electron chi connectivity index (χ2n) is 8.24. The van der Waals surface area contributed by atoms with E-state index < -0.39 is 0 Å². The van der Waals surface area contributed by atoms with Crippen molar-refractivity contribution in [2.24, 2.45) is 11.0 Å². The molecule has 1 N–H and O–H groups in total. The van der Waals surface area contributed by atoms with Gasteiger partial charge in [-0.2, -0.15) is 5.11 Å². The lowest BCUT2D eigenvalue weighted by atomic mass is 10.0. The highest BCUT2D eigenvalue weighted by molar-refractivity contribution is 5.76. The van der Waals surface area contributed by atoms with Crippen molar-refractivity contribution in [3.05, 3.63) is 42.5 Å². The average molecular weight is 486 g/mol. The molecule has 2 aromatic carbocycles. The van der Waals surface area contributed by atoms with E-state index in [0.29, 0.717) is 49.5 Å². The first-order chi connectivity index (χ1) is 17.0. The van der Waals surface area contributed by atoms with Crippen molar-refractivity contribution >= 4 is 17.3 Å². The SMILES string of the molecule is CCCCC(CC)COc1cc(N(CCOc2ccc(OC)cc2)CC(=O)OCC)ccc1N=N. The van der Waals surface area contributed by atoms with Crippen LogP contribution >= 0.6 is 0 Å². The van der Waals surface area contributed by atoms with Crippen LogP contribution in [0.15, 0.2) is 47.6 Å². The van der Waals surface area contributed by atoms with Crippen LogP contribution in [0, 0.1) is 11.4 Å². The summed E-state index contributed by atoms with van der Waals surface area (Å²) in [5.41, 5.74) is 8.78. The monoisotopic (exact) mass is 485 g/mol. The van der Waals surface area contributed by atoms with E-state index in [0.717, 1.165) is 30.7 Å². The number of anilines is 1. The fourth-order valence-corrected chi connectivity index (χ4v) is 3.62. The third-order valence-corrected chi connectivity index (χ3v) is 5.76. The van der Waals surface area contributed by atoms with Crippen LogP contribution in [0.1, 0.15) is 46.5 Å². The Morgan fingerprint density at radius 2 is 1.80 bits per heavy atom. The van der Waals surface area contributed by atoms with Gasteiger partial charge in [0, 0.05) is 11.8 Å². The van der Waals surface area contributed by atoms with E-state index in [1.165, 1.54) is 6.42 Å². The minimum atomic E-state index is -0.320. The zero-order chi connectivity index (χ0) is 25.5. The molecular formula is C27H39N3O5. The molecule has 2 rings (SSSR count). The molecule has 0 radical (unpaired) electrons. The summed E-state index contributed by atoms with van der Waals surface area (Å²) in [5, 5.41) is 3.62. The number of esters is 1. The smallest absolute Gasteiger partial charge is 0.325 e. The molecule has 2 aromatic rings. The van der Waals surface area contributed by atoms with Gasteiger partial charge >= 0.3 is 5.97 Å². The highest BCUT2D eigenvalue weighted by Gasteiger charge is 2.16. The van der Waals surface area contributed by atoms with Crippen LogP contribution in [0.25, 0.3) is 0 Å². The predicted octanol–water partition coefficient (Wildman–Crippen LogP) is 6.40. The highest BCUT2D eigenvalue weighted by atomic mass is 16.5. The van der Waals surface area contributed by atoms with Crippen molar-refractivity contribution in [1.82, 2.24) is 0 Å². The molecule has 1 unspecified atom stereocenters. The Hall–Kier alpha value is -3.29. The van der Waals surface area contributed by atoms with Crippen molar-refractivity contribution in [2.45, 2.75) is 46.5 Å². The third-order valence-electron chi connectivity index (χ3n) is 5.76. The number of nitrogens with one attached hydrogen (secondary N) is 1. The van der Waals surface area contributed by atoms with Gasteiger partial charge in [0.2, 0.25) is 0 Å². The third kappa shape index (κ3) is 9.47. The molecule has 0 heterocycles. The van der Waals surface area contributed by atoms with Crippen molar-refractivity contribution in [2.75, 3.05) is 44.9 Å². The molecule has 0 spiro atoms. The van der Waals surface area contributed by atoms with Gasteiger partial charge in [-0.3, -0.25) is 4.79 Å². The van der Waals surface area contributed by atoms with Crippen LogP contribution in [0.2, 0.25) is 0 Å². The molecule has 35 heavy (non-hydrogen) atoms. The minimum Gasteiger partial charge on any atom is -0.497 e. The van der Waals surface area contributed by atoms with Gasteiger partial charge in [0.05, 0.1) is 26.9 Å². The van der Waals surface area contributed by atoms with Crippen molar-refractivity contribution in [1.29, 1.82) is 5.53 Å². The molecule has 1 atom stereocenters. The molecule has 8 nitrogen and oxygen atoms in total. The first kappa shape index (κ1) is 28.0. The molecule has 0 bridgehead atoms. The Morgan fingerprint density at radius 3 is 2.43 bits per heavy atom. The lowest BCUT2D eigenvalue weighted by molar-refractivity contribution is -0.141. The first-order valence-corrected chi connectivity index (χ1v) is 12.4. The molecule has 0 saturated heterocycles. The molecule has 0 saturated carbocycles. The summed E-state index contributed by atoms with van der Waals surface area (Å²) in [6, 6.07) is 12.8. The maximum absolute atomic E-state index is 12.3. The van der Waals surface area contributed by atoms with Crippen LogP contribution in [0.5, 0.6) is 17.2 Å². The van der Waals surface area contributed by atoms with E-state index in [1.54, 1.807) is 20.1 Å². The van der Waals surface area contributed by atoms with Crippen LogP contribution in [-0.2, 0) is 9.53 Å². The van der Waals surface area contributed by atoms with Gasteiger partial charge in [0.1, 0.15) is 36.1 Å². The quantitative estimate of drug-likeness (QED) is 0.206. The fraction of sp³-hybridized carbons (Fsp3) is 0.519. The van der Waals surface area contributed by atoms with Crippen LogP contribution in [0.3, 0.4) is 0 Å². The molecule has 0 aliphatic heterocycles. The highest BCUT2D eigenvalue weighted by Crippen LogP contribution is 2.33. The lowest BCUT2D eigenvalue weighted by Gasteiger charge is -2.25. The Balaban J connectivity index is 2.14. The number of ether oxygens (including phenoxy) is 4. The maximum atomic E-state index is 12.3. The van der Waals surface area contributed by atoms with E-state index >= 15 is 0 Å². The number of carbonyl (C=O) groups excluding carboxylic acids is 1. The van der Waals surface area contributed by atoms with E-state index in [4.69, 9.17) is 24.5 Å². The number of rotatable bonds is 17. The van der Waals surface area contributed by atoms with Crippen LogP contribution in [0.4, 0.5) is 11.4 Å². The molecule has 0 amide bonds. The Labute approximate surface area is 209 Å². The summed E-state index contributed by atoms with van der Waals surface area (Å²) in [5.74, 6) is 2.14. The van der Waals surface area contributed by atoms with Crippen LogP contribution < -0.4 is 19.1 Å². The maximum Gasteiger partial charge on any atom is 0.325 e. The van der Waals surface area contributed by atoms with E-state index in [-0.39, 0.29) is 12.5 Å². The molecule has 0 aliphatic carbocycles. The lowest BCUT2D eigenvalue weighted by Crippen LogP contribution is -2.34. The molecular weight excluding hydrogens is 446 g/mol. The van der Waals surface area contributed by atoms with Gasteiger partial charge in [0.15, 0.2) is 0 Å². The number of nitrogens with zero attached hydrogens (tertiary/aromatic N) is 2. The number of hydrogen-bond acceptors (Lipinski definition) is 8. The van der Waals surface area contributed by atoms with Gasteiger partial charge in [-0.1, -0.05) is 33.1 Å². The summed E-state index contributed by atoms with van der Waals surface area (Å²) in [6.45, 7) is 7.91. The van der Waals surface area contributed by atoms with Gasteiger partial charge in [-0.25, -0.2) is 5.53 Å². The molecule has 192 valence electrons. The molecule has 0 fully saturated rings. The zero-order valence-electron chi connectivity index (χ0n) is 21.4. The standard InChI is InChI=1S/C27H39N3O5/c1-5-8-9-21(6-2)20-35-26-18-22(10-15-25(26)29-28)30(19-27(31)33-7-3)16-17-34-24-13-11-23(32-4)12-14-24/h10-15,18,21,28H,5-9,16-17,19-20H2,1-4H3. The Bertz CT molecular complexity index is 904. The molecule has 0 aliphatic rings. The minimum absolute atomic E-state index is 0.0741. The number of methoxy groups -OCH3 is 1. The second kappa shape index (κ2) is 15.6. The topological polar surface area (TPSA) is 93.4 Å². The molecule has 8 heteroatoms. The number of carbonyl (C=O) groups is 1.